The van der Waals surface area contributed by atoms with Crippen LogP contribution in [0.5, 0.6) is 0 Å². The van der Waals surface area contributed by atoms with Crippen LogP contribution in [0.25, 0.3) is 0 Å². The molecule has 0 radical (unpaired) electrons. The molecule has 2 aromatic rings. The summed E-state index contributed by atoms with van der Waals surface area (Å²) in [5.41, 5.74) is 1.16. The zero-order valence-electron chi connectivity index (χ0n) is 18.0. The molecular weight excluding hydrogens is 384 g/mol. The van der Waals surface area contributed by atoms with Crippen LogP contribution in [0.1, 0.15) is 50.8 Å². The highest BCUT2D eigenvalue weighted by Gasteiger charge is 2.28. The first-order chi connectivity index (χ1) is 14.3. The van der Waals surface area contributed by atoms with Crippen molar-refractivity contribution < 1.29 is 28.8 Å². The summed E-state index contributed by atoms with van der Waals surface area (Å²) >= 11 is 0. The summed E-state index contributed by atoms with van der Waals surface area (Å²) in [6.07, 6.45) is -0.425. The van der Waals surface area contributed by atoms with Crippen LogP contribution < -0.4 is 0 Å². The van der Waals surface area contributed by atoms with Gasteiger partial charge in [0.1, 0.15) is 6.10 Å². The molecule has 0 N–H and O–H groups in total. The van der Waals surface area contributed by atoms with E-state index in [1.165, 1.54) is 7.11 Å². The Kier molecular flexibility index (Phi) is 9.02. The monoisotopic (exact) mass is 414 g/mol. The number of hydrogen-bond acceptors (Lipinski definition) is 6. The standard InChI is InChI=1S/C24H30O6/c1-24(2,3)30-29-20(16-15-18-11-7-5-8-12-18)17-21(25)28-22(23(26)27-4)19-13-9-6-10-14-19/h5-14,20,22H,15-17H2,1-4H3/t20-,22-/m1/s1. The van der Waals surface area contributed by atoms with E-state index < -0.39 is 29.7 Å². The van der Waals surface area contributed by atoms with Crippen LogP contribution in [0.15, 0.2) is 60.7 Å². The normalized spacial score (nSPS) is 13.3. The second-order valence-corrected chi connectivity index (χ2v) is 7.95. The van der Waals surface area contributed by atoms with Crippen molar-refractivity contribution in [1.29, 1.82) is 0 Å². The molecule has 6 nitrogen and oxygen atoms in total. The van der Waals surface area contributed by atoms with Gasteiger partial charge in [-0.25, -0.2) is 14.6 Å². The Morgan fingerprint density at radius 3 is 2.10 bits per heavy atom. The summed E-state index contributed by atoms with van der Waals surface area (Å²) in [5, 5.41) is 0. The van der Waals surface area contributed by atoms with E-state index in [0.29, 0.717) is 18.4 Å². The third-order valence-corrected chi connectivity index (χ3v) is 4.19. The van der Waals surface area contributed by atoms with Crippen LogP contribution in [0.4, 0.5) is 0 Å². The summed E-state index contributed by atoms with van der Waals surface area (Å²) in [5.74, 6) is -1.20. The summed E-state index contributed by atoms with van der Waals surface area (Å²) in [7, 11) is 1.26. The SMILES string of the molecule is COC(=O)[C@H](OC(=O)C[C@@H](CCc1ccccc1)OOC(C)(C)C)c1ccccc1. The molecule has 2 rings (SSSR count). The van der Waals surface area contributed by atoms with Gasteiger partial charge in [-0.3, -0.25) is 4.79 Å². The zero-order valence-corrected chi connectivity index (χ0v) is 18.0. The molecule has 0 fully saturated rings. The van der Waals surface area contributed by atoms with E-state index in [4.69, 9.17) is 19.2 Å². The Morgan fingerprint density at radius 1 is 0.933 bits per heavy atom. The Balaban J connectivity index is 2.04. The van der Waals surface area contributed by atoms with Crippen molar-refractivity contribution >= 4 is 11.9 Å². The first-order valence-corrected chi connectivity index (χ1v) is 9.99. The predicted molar refractivity (Wildman–Crippen MR) is 112 cm³/mol. The number of esters is 2. The van der Waals surface area contributed by atoms with Crippen molar-refractivity contribution in [3.63, 3.8) is 0 Å². The van der Waals surface area contributed by atoms with Gasteiger partial charge in [-0.05, 0) is 39.2 Å². The zero-order chi connectivity index (χ0) is 22.0. The fourth-order valence-electron chi connectivity index (χ4n) is 2.72. The van der Waals surface area contributed by atoms with Crippen molar-refractivity contribution in [2.75, 3.05) is 7.11 Å². The largest absolute Gasteiger partial charge is 0.466 e. The summed E-state index contributed by atoms with van der Waals surface area (Å²) in [4.78, 5) is 35.8. The fraction of sp³-hybridized carbons (Fsp3) is 0.417. The molecule has 0 amide bonds. The Bertz CT molecular complexity index is 782. The van der Waals surface area contributed by atoms with Gasteiger partial charge in [-0.15, -0.1) is 0 Å². The molecule has 0 heterocycles. The summed E-state index contributed by atoms with van der Waals surface area (Å²) in [6, 6.07) is 18.7. The lowest BCUT2D eigenvalue weighted by molar-refractivity contribution is -0.373. The number of rotatable bonds is 10. The third-order valence-electron chi connectivity index (χ3n) is 4.19. The number of carbonyl (C=O) groups is 2. The van der Waals surface area contributed by atoms with Gasteiger partial charge >= 0.3 is 11.9 Å². The molecule has 0 aromatic heterocycles. The highest BCUT2D eigenvalue weighted by molar-refractivity contribution is 5.80. The van der Waals surface area contributed by atoms with Crippen LogP contribution in [0.2, 0.25) is 0 Å². The average molecular weight is 414 g/mol. The number of methoxy groups -OCH3 is 1. The number of benzene rings is 2. The van der Waals surface area contributed by atoms with Crippen LogP contribution in [-0.2, 0) is 35.3 Å². The molecule has 0 saturated carbocycles. The quantitative estimate of drug-likeness (QED) is 0.322. The Morgan fingerprint density at radius 2 is 1.53 bits per heavy atom. The van der Waals surface area contributed by atoms with Gasteiger partial charge in [0.15, 0.2) is 0 Å². The molecule has 2 aromatic carbocycles. The van der Waals surface area contributed by atoms with E-state index in [-0.39, 0.29) is 6.42 Å². The molecule has 6 heteroatoms. The van der Waals surface area contributed by atoms with E-state index in [1.807, 2.05) is 57.2 Å². The minimum Gasteiger partial charge on any atom is -0.466 e. The summed E-state index contributed by atoms with van der Waals surface area (Å²) in [6.45, 7) is 5.59. The molecule has 2 atom stereocenters. The third kappa shape index (κ3) is 8.35. The Hall–Kier alpha value is -2.70. The lowest BCUT2D eigenvalue weighted by Crippen LogP contribution is -2.28. The van der Waals surface area contributed by atoms with Crippen LogP contribution in [0, 0.1) is 0 Å². The second-order valence-electron chi connectivity index (χ2n) is 7.95. The lowest BCUT2D eigenvalue weighted by atomic mass is 10.0. The topological polar surface area (TPSA) is 71.1 Å². The number of aryl methyl sites for hydroxylation is 1. The maximum absolute atomic E-state index is 12.6. The summed E-state index contributed by atoms with van der Waals surface area (Å²) < 4.78 is 10.3. The minimum absolute atomic E-state index is 0.0523. The van der Waals surface area contributed by atoms with Crippen LogP contribution in [-0.4, -0.2) is 30.8 Å². The van der Waals surface area contributed by atoms with Crippen molar-refractivity contribution in [3.8, 4) is 0 Å². The number of carbonyl (C=O) groups excluding carboxylic acids is 2. The van der Waals surface area contributed by atoms with Gasteiger partial charge in [0.2, 0.25) is 6.10 Å². The first-order valence-electron chi connectivity index (χ1n) is 9.99. The van der Waals surface area contributed by atoms with Crippen molar-refractivity contribution in [2.45, 2.75) is 57.8 Å². The average Bonchev–Trinajstić information content (AvgIpc) is 2.74. The van der Waals surface area contributed by atoms with Gasteiger partial charge in [-0.2, -0.15) is 0 Å². The fourth-order valence-corrected chi connectivity index (χ4v) is 2.72. The molecule has 30 heavy (non-hydrogen) atoms. The minimum atomic E-state index is -1.12. The lowest BCUT2D eigenvalue weighted by Gasteiger charge is -2.23. The molecular formula is C24H30O6. The van der Waals surface area contributed by atoms with Crippen molar-refractivity contribution in [1.82, 2.24) is 0 Å². The molecule has 0 unspecified atom stereocenters. The van der Waals surface area contributed by atoms with E-state index in [1.54, 1.807) is 24.3 Å². The van der Waals surface area contributed by atoms with Gasteiger partial charge in [0.05, 0.1) is 19.1 Å². The van der Waals surface area contributed by atoms with Gasteiger partial charge in [0, 0.05) is 5.56 Å². The van der Waals surface area contributed by atoms with Gasteiger partial charge in [-0.1, -0.05) is 60.7 Å². The Labute approximate surface area is 178 Å². The van der Waals surface area contributed by atoms with E-state index in [2.05, 4.69) is 0 Å². The number of ether oxygens (including phenoxy) is 2. The first kappa shape index (κ1) is 23.6. The predicted octanol–water partition coefficient (Wildman–Crippen LogP) is 4.58. The maximum atomic E-state index is 12.6. The second kappa shape index (κ2) is 11.5. The molecule has 0 bridgehead atoms. The number of hydrogen-bond donors (Lipinski definition) is 0. The molecule has 0 aliphatic rings. The smallest absolute Gasteiger partial charge is 0.351 e. The van der Waals surface area contributed by atoms with Crippen LogP contribution in [0.3, 0.4) is 0 Å². The van der Waals surface area contributed by atoms with Crippen molar-refractivity contribution in [2.24, 2.45) is 0 Å². The van der Waals surface area contributed by atoms with Crippen molar-refractivity contribution in [3.05, 3.63) is 71.8 Å². The maximum Gasteiger partial charge on any atom is 0.351 e. The molecule has 0 aliphatic carbocycles. The van der Waals surface area contributed by atoms with Crippen LogP contribution >= 0.6 is 0 Å². The molecule has 0 saturated heterocycles. The van der Waals surface area contributed by atoms with E-state index in [0.717, 1.165) is 5.56 Å². The van der Waals surface area contributed by atoms with Gasteiger partial charge < -0.3 is 9.47 Å². The molecule has 0 aliphatic heterocycles. The van der Waals surface area contributed by atoms with Gasteiger partial charge in [0.25, 0.3) is 0 Å². The van der Waals surface area contributed by atoms with E-state index in [9.17, 15) is 9.59 Å². The van der Waals surface area contributed by atoms with E-state index >= 15 is 0 Å². The highest BCUT2D eigenvalue weighted by Crippen LogP contribution is 2.22. The molecule has 162 valence electrons. The molecule has 0 spiro atoms. The highest BCUT2D eigenvalue weighted by atomic mass is 17.2.